The summed E-state index contributed by atoms with van der Waals surface area (Å²) in [4.78, 5) is 9.01. The number of aliphatic carboxylic acids is 1. The minimum atomic E-state index is -5.08. The molecule has 2 rings (SSSR count). The van der Waals surface area contributed by atoms with E-state index >= 15 is 0 Å². The molecule has 0 unspecified atom stereocenters. The topological polar surface area (TPSA) is 133 Å². The van der Waals surface area contributed by atoms with Crippen LogP contribution in [-0.2, 0) is 24.8 Å². The molecule has 190 valence electrons. The van der Waals surface area contributed by atoms with Gasteiger partial charge in [-0.15, -0.1) is 0 Å². The van der Waals surface area contributed by atoms with Crippen LogP contribution in [-0.4, -0.2) is 94.3 Å². The smallest absolute Gasteiger partial charge is 0.490 e. The number of carbonyl (C=O) groups is 1. The third kappa shape index (κ3) is 8.73. The zero-order valence-corrected chi connectivity index (χ0v) is 20.0. The quantitative estimate of drug-likeness (QED) is 0.519. The van der Waals surface area contributed by atoms with Gasteiger partial charge >= 0.3 is 12.1 Å². The maximum atomic E-state index is 12.9. The lowest BCUT2D eigenvalue weighted by atomic mass is 10.3. The first-order valence-electron chi connectivity index (χ1n) is 9.77. The molecule has 1 aromatic rings. The molecule has 15 heteroatoms. The fraction of sp³-hybridized carbons (Fsp3) is 0.611. The Morgan fingerprint density at radius 3 is 2.03 bits per heavy atom. The fourth-order valence-electron chi connectivity index (χ4n) is 2.80. The molecular weight excluding hydrogens is 491 g/mol. The molecule has 1 saturated heterocycles. The van der Waals surface area contributed by atoms with Crippen molar-refractivity contribution in [1.82, 2.24) is 13.9 Å². The number of nitrogens with one attached hydrogen (secondary N) is 1. The molecule has 0 saturated carbocycles. The number of rotatable bonds is 8. The normalized spacial score (nSPS) is 15.8. The Labute approximate surface area is 191 Å². The Kier molecular flexibility index (Phi) is 10.5. The lowest BCUT2D eigenvalue weighted by molar-refractivity contribution is -0.192. The summed E-state index contributed by atoms with van der Waals surface area (Å²) in [6, 6.07) is 5.72. The van der Waals surface area contributed by atoms with Crippen LogP contribution in [0, 0.1) is 0 Å². The molecule has 1 aliphatic rings. The van der Waals surface area contributed by atoms with Crippen LogP contribution in [0.4, 0.5) is 13.2 Å². The van der Waals surface area contributed by atoms with E-state index in [9.17, 15) is 30.0 Å². The van der Waals surface area contributed by atoms with Crippen LogP contribution in [0.1, 0.15) is 13.8 Å². The number of halogens is 3. The summed E-state index contributed by atoms with van der Waals surface area (Å²) < 4.78 is 90.3. The lowest BCUT2D eigenvalue weighted by Gasteiger charge is -2.29. The number of hydrogen-bond acceptors (Lipinski definition) is 7. The van der Waals surface area contributed by atoms with Crippen LogP contribution in [0.5, 0.6) is 5.75 Å². The van der Waals surface area contributed by atoms with E-state index in [1.54, 1.807) is 26.0 Å². The Balaban J connectivity index is 0.000000675. The molecule has 0 bridgehead atoms. The number of ether oxygens (including phenoxy) is 1. The van der Waals surface area contributed by atoms with Crippen LogP contribution in [0.3, 0.4) is 0 Å². The van der Waals surface area contributed by atoms with Crippen molar-refractivity contribution < 1.29 is 44.6 Å². The van der Waals surface area contributed by atoms with Gasteiger partial charge in [0.2, 0.25) is 20.0 Å². The molecule has 0 aromatic heterocycles. The Morgan fingerprint density at radius 2 is 1.64 bits per heavy atom. The van der Waals surface area contributed by atoms with Gasteiger partial charge < -0.3 is 15.2 Å². The predicted molar refractivity (Wildman–Crippen MR) is 114 cm³/mol. The minimum Gasteiger partial charge on any atom is -0.497 e. The zero-order chi connectivity index (χ0) is 25.4. The second kappa shape index (κ2) is 12.0. The van der Waals surface area contributed by atoms with E-state index < -0.39 is 32.2 Å². The largest absolute Gasteiger partial charge is 0.497 e. The van der Waals surface area contributed by atoms with Crippen LogP contribution >= 0.6 is 0 Å². The first-order valence-corrected chi connectivity index (χ1v) is 12.8. The van der Waals surface area contributed by atoms with Gasteiger partial charge in [-0.2, -0.15) is 21.8 Å². The summed E-state index contributed by atoms with van der Waals surface area (Å²) in [6.07, 6.45) is -5.08. The second-order valence-electron chi connectivity index (χ2n) is 7.15. The highest BCUT2D eigenvalue weighted by molar-refractivity contribution is 7.90. The molecule has 0 amide bonds. The van der Waals surface area contributed by atoms with Crippen molar-refractivity contribution in [2.24, 2.45) is 0 Å². The number of methoxy groups -OCH3 is 1. The Bertz CT molecular complexity index is 977. The highest BCUT2D eigenvalue weighted by Gasteiger charge is 2.38. The van der Waals surface area contributed by atoms with Crippen molar-refractivity contribution in [1.29, 1.82) is 0 Å². The number of carboxylic acids is 1. The van der Waals surface area contributed by atoms with Crippen molar-refractivity contribution >= 4 is 26.0 Å². The fourth-order valence-corrected chi connectivity index (χ4v) is 5.97. The number of benzene rings is 1. The van der Waals surface area contributed by atoms with Crippen molar-refractivity contribution in [3.63, 3.8) is 0 Å². The molecule has 1 aromatic carbocycles. The number of carboxylic acid groups (broad SMARTS) is 1. The Morgan fingerprint density at radius 1 is 1.15 bits per heavy atom. The van der Waals surface area contributed by atoms with Gasteiger partial charge in [-0.05, 0) is 38.1 Å². The third-order valence-electron chi connectivity index (χ3n) is 4.52. The van der Waals surface area contributed by atoms with E-state index in [1.165, 1.54) is 27.9 Å². The van der Waals surface area contributed by atoms with Crippen molar-refractivity contribution in [2.75, 3.05) is 45.6 Å². The molecular formula is C18H28F3N3O7S2. The van der Waals surface area contributed by atoms with Crippen molar-refractivity contribution in [3.8, 4) is 5.75 Å². The lowest BCUT2D eigenvalue weighted by Crippen LogP contribution is -2.49. The summed E-state index contributed by atoms with van der Waals surface area (Å²) in [5, 5.41) is 10.2. The number of piperazine rings is 1. The van der Waals surface area contributed by atoms with E-state index in [4.69, 9.17) is 14.6 Å². The molecule has 0 radical (unpaired) electrons. The van der Waals surface area contributed by atoms with Gasteiger partial charge in [0.25, 0.3) is 0 Å². The van der Waals surface area contributed by atoms with Crippen molar-refractivity contribution in [3.05, 3.63) is 24.3 Å². The van der Waals surface area contributed by atoms with E-state index in [0.717, 1.165) is 0 Å². The van der Waals surface area contributed by atoms with Gasteiger partial charge in [0, 0.05) is 38.8 Å². The standard InChI is InChI=1S/C16H27N3O5S2.C2HF3O2/c1-14(2)19(12-13-25(20,21)18-10-8-17-9-11-18)26(22,23)16-6-4-15(24-3)5-7-16;3-2(4,5)1(6)7/h4-7,14,17H,8-13H2,1-3H3;(H,6,7). The summed E-state index contributed by atoms with van der Waals surface area (Å²) in [6.45, 7) is 5.42. The maximum Gasteiger partial charge on any atom is 0.490 e. The summed E-state index contributed by atoms with van der Waals surface area (Å²) >= 11 is 0. The highest BCUT2D eigenvalue weighted by atomic mass is 32.2. The highest BCUT2D eigenvalue weighted by Crippen LogP contribution is 2.21. The van der Waals surface area contributed by atoms with E-state index in [0.29, 0.717) is 31.9 Å². The average Bonchev–Trinajstić information content (AvgIpc) is 2.73. The van der Waals surface area contributed by atoms with Crippen molar-refractivity contribution in [2.45, 2.75) is 31.0 Å². The summed E-state index contributed by atoms with van der Waals surface area (Å²) in [7, 11) is -5.79. The van der Waals surface area contributed by atoms with E-state index in [-0.39, 0.29) is 23.2 Å². The van der Waals surface area contributed by atoms with Crippen LogP contribution < -0.4 is 10.1 Å². The number of alkyl halides is 3. The molecule has 33 heavy (non-hydrogen) atoms. The van der Waals surface area contributed by atoms with Crippen LogP contribution in [0.2, 0.25) is 0 Å². The van der Waals surface area contributed by atoms with Gasteiger partial charge in [0.15, 0.2) is 0 Å². The van der Waals surface area contributed by atoms with Gasteiger partial charge in [0.05, 0.1) is 17.8 Å². The van der Waals surface area contributed by atoms with E-state index in [2.05, 4.69) is 5.32 Å². The van der Waals surface area contributed by atoms with Crippen LogP contribution in [0.25, 0.3) is 0 Å². The van der Waals surface area contributed by atoms with Gasteiger partial charge in [-0.25, -0.2) is 21.6 Å². The Hall–Kier alpha value is -1.94. The SMILES string of the molecule is COc1ccc(S(=O)(=O)N(CCS(=O)(=O)N2CCNCC2)C(C)C)cc1.O=C(O)C(F)(F)F. The molecule has 1 fully saturated rings. The van der Waals surface area contributed by atoms with Crippen LogP contribution in [0.15, 0.2) is 29.2 Å². The number of sulfonamides is 2. The molecule has 0 spiro atoms. The molecule has 10 nitrogen and oxygen atoms in total. The van der Waals surface area contributed by atoms with E-state index in [1.807, 2.05) is 0 Å². The minimum absolute atomic E-state index is 0.0850. The molecule has 1 aliphatic heterocycles. The summed E-state index contributed by atoms with van der Waals surface area (Å²) in [5.74, 6) is -2.44. The number of nitrogens with zero attached hydrogens (tertiary/aromatic N) is 2. The molecule has 1 heterocycles. The zero-order valence-electron chi connectivity index (χ0n) is 18.4. The third-order valence-corrected chi connectivity index (χ3v) is 8.46. The molecule has 0 aliphatic carbocycles. The predicted octanol–water partition coefficient (Wildman–Crippen LogP) is 0.963. The first kappa shape index (κ1) is 29.1. The average molecular weight is 520 g/mol. The molecule has 0 atom stereocenters. The van der Waals surface area contributed by atoms with Gasteiger partial charge in [-0.1, -0.05) is 0 Å². The van der Waals surface area contributed by atoms with Gasteiger partial charge in [-0.3, -0.25) is 0 Å². The number of hydrogen-bond donors (Lipinski definition) is 2. The van der Waals surface area contributed by atoms with Gasteiger partial charge in [0.1, 0.15) is 5.75 Å². The maximum absolute atomic E-state index is 12.9. The summed E-state index contributed by atoms with van der Waals surface area (Å²) in [5.41, 5.74) is 0. The first-order chi connectivity index (χ1) is 15.1. The second-order valence-corrected chi connectivity index (χ2v) is 11.1. The monoisotopic (exact) mass is 519 g/mol. The molecule has 2 N–H and O–H groups in total.